The highest BCUT2D eigenvalue weighted by atomic mass is 16.6. The van der Waals surface area contributed by atoms with Crippen LogP contribution in [0.15, 0.2) is 29.4 Å². The number of primary amides is 1. The molecule has 4 N–H and O–H groups in total. The highest BCUT2D eigenvalue weighted by Gasteiger charge is 2.04. The number of benzene rings is 1. The van der Waals surface area contributed by atoms with Crippen molar-refractivity contribution in [3.8, 4) is 0 Å². The number of nitrogens with zero attached hydrogens (tertiary/aromatic N) is 2. The third-order valence-electron chi connectivity index (χ3n) is 1.70. The topological polar surface area (TPSA) is 140 Å². The number of hydrazone groups is 1. The number of amides is 4. The molecule has 0 radical (unpaired) electrons. The molecule has 0 fully saturated rings. The normalized spacial score (nSPS) is 10.0. The van der Waals surface area contributed by atoms with Gasteiger partial charge in [-0.15, -0.1) is 0 Å². The van der Waals surface area contributed by atoms with Gasteiger partial charge in [-0.25, -0.2) is 15.0 Å². The summed E-state index contributed by atoms with van der Waals surface area (Å²) in [6.07, 6.45) is 1.19. The number of nitro groups is 1. The number of nitrogens with two attached hydrogens (primary N) is 1. The summed E-state index contributed by atoms with van der Waals surface area (Å²) in [5.41, 5.74) is 6.97. The summed E-state index contributed by atoms with van der Waals surface area (Å²) in [6.45, 7) is 0. The Bertz CT molecular complexity index is 513. The number of imide groups is 1. The minimum atomic E-state index is -1.02. The molecule has 0 heterocycles. The summed E-state index contributed by atoms with van der Waals surface area (Å²) < 4.78 is 0. The molecule has 1 aromatic carbocycles. The molecule has 0 saturated carbocycles. The van der Waals surface area contributed by atoms with Crippen molar-refractivity contribution in [1.29, 1.82) is 0 Å². The van der Waals surface area contributed by atoms with Crippen molar-refractivity contribution in [2.24, 2.45) is 10.8 Å². The number of nitro benzene ring substituents is 1. The van der Waals surface area contributed by atoms with E-state index in [0.29, 0.717) is 5.56 Å². The molecule has 1 aromatic rings. The van der Waals surface area contributed by atoms with E-state index in [2.05, 4.69) is 5.10 Å². The molecule has 0 aliphatic carbocycles. The molecule has 0 unspecified atom stereocenters. The summed E-state index contributed by atoms with van der Waals surface area (Å²) in [5, 5.41) is 15.7. The molecular formula is C9H9N5O4. The molecule has 0 aliphatic rings. The number of urea groups is 2. The molecule has 18 heavy (non-hydrogen) atoms. The number of hydrogen-bond donors (Lipinski definition) is 3. The van der Waals surface area contributed by atoms with Crippen molar-refractivity contribution < 1.29 is 14.5 Å². The Morgan fingerprint density at radius 2 is 2.17 bits per heavy atom. The van der Waals surface area contributed by atoms with Gasteiger partial charge in [-0.3, -0.25) is 15.4 Å². The molecule has 94 valence electrons. The van der Waals surface area contributed by atoms with E-state index in [1.165, 1.54) is 24.4 Å². The van der Waals surface area contributed by atoms with Crippen LogP contribution in [0.2, 0.25) is 0 Å². The molecule has 0 aromatic heterocycles. The van der Waals surface area contributed by atoms with Gasteiger partial charge in [-0.1, -0.05) is 12.1 Å². The fourth-order valence-corrected chi connectivity index (χ4v) is 1.02. The maximum atomic E-state index is 10.9. The van der Waals surface area contributed by atoms with Crippen LogP contribution in [-0.4, -0.2) is 23.2 Å². The van der Waals surface area contributed by atoms with Crippen LogP contribution in [0.1, 0.15) is 5.56 Å². The first-order chi connectivity index (χ1) is 8.49. The van der Waals surface area contributed by atoms with Crippen LogP contribution < -0.4 is 16.5 Å². The largest absolute Gasteiger partial charge is 0.351 e. The van der Waals surface area contributed by atoms with Crippen LogP contribution in [0.3, 0.4) is 0 Å². The predicted octanol–water partition coefficient (Wildman–Crippen LogP) is 0.307. The van der Waals surface area contributed by atoms with Gasteiger partial charge in [0.1, 0.15) is 0 Å². The van der Waals surface area contributed by atoms with Gasteiger partial charge >= 0.3 is 12.1 Å². The molecule has 1 rings (SSSR count). The van der Waals surface area contributed by atoms with Crippen molar-refractivity contribution >= 4 is 24.0 Å². The van der Waals surface area contributed by atoms with E-state index in [0.717, 1.165) is 0 Å². The SMILES string of the molecule is NC(=O)NC(=O)N/N=C/c1cccc([N+](=O)[O-])c1. The lowest BCUT2D eigenvalue weighted by atomic mass is 10.2. The first-order valence-corrected chi connectivity index (χ1v) is 4.63. The van der Waals surface area contributed by atoms with Crippen molar-refractivity contribution in [3.05, 3.63) is 39.9 Å². The van der Waals surface area contributed by atoms with Crippen LogP contribution in [-0.2, 0) is 0 Å². The van der Waals surface area contributed by atoms with Gasteiger partial charge in [-0.05, 0) is 0 Å². The highest BCUT2D eigenvalue weighted by Crippen LogP contribution is 2.11. The van der Waals surface area contributed by atoms with Gasteiger partial charge in [-0.2, -0.15) is 5.10 Å². The van der Waals surface area contributed by atoms with Crippen LogP contribution in [0.4, 0.5) is 15.3 Å². The summed E-state index contributed by atoms with van der Waals surface area (Å²) in [7, 11) is 0. The van der Waals surface area contributed by atoms with Gasteiger partial charge in [0.15, 0.2) is 0 Å². The van der Waals surface area contributed by atoms with E-state index in [-0.39, 0.29) is 5.69 Å². The quantitative estimate of drug-likeness (QED) is 0.403. The average Bonchev–Trinajstić information content (AvgIpc) is 2.28. The van der Waals surface area contributed by atoms with Crippen LogP contribution in [0.25, 0.3) is 0 Å². The second-order valence-corrected chi connectivity index (χ2v) is 3.04. The third kappa shape index (κ3) is 4.26. The molecule has 0 atom stereocenters. The zero-order chi connectivity index (χ0) is 13.5. The van der Waals surface area contributed by atoms with Gasteiger partial charge < -0.3 is 5.73 Å². The average molecular weight is 251 g/mol. The van der Waals surface area contributed by atoms with Crippen molar-refractivity contribution in [3.63, 3.8) is 0 Å². The fourth-order valence-electron chi connectivity index (χ4n) is 1.02. The Morgan fingerprint density at radius 1 is 1.44 bits per heavy atom. The summed E-state index contributed by atoms with van der Waals surface area (Å²) in [4.78, 5) is 31.1. The van der Waals surface area contributed by atoms with Crippen LogP contribution >= 0.6 is 0 Å². The van der Waals surface area contributed by atoms with Crippen molar-refractivity contribution in [2.45, 2.75) is 0 Å². The lowest BCUT2D eigenvalue weighted by Crippen LogP contribution is -2.40. The summed E-state index contributed by atoms with van der Waals surface area (Å²) >= 11 is 0. The molecule has 9 nitrogen and oxygen atoms in total. The second-order valence-electron chi connectivity index (χ2n) is 3.04. The summed E-state index contributed by atoms with van der Waals surface area (Å²) in [6, 6.07) is 3.72. The second kappa shape index (κ2) is 5.94. The smallest absolute Gasteiger partial charge is 0.343 e. The van der Waals surface area contributed by atoms with E-state index in [1.54, 1.807) is 11.4 Å². The number of nitrogens with one attached hydrogen (secondary N) is 2. The van der Waals surface area contributed by atoms with Crippen molar-refractivity contribution in [2.75, 3.05) is 0 Å². The maximum Gasteiger partial charge on any atom is 0.343 e. The molecule has 0 spiro atoms. The minimum absolute atomic E-state index is 0.0967. The third-order valence-corrected chi connectivity index (χ3v) is 1.70. The van der Waals surface area contributed by atoms with Gasteiger partial charge in [0, 0.05) is 17.7 Å². The highest BCUT2D eigenvalue weighted by molar-refractivity contribution is 5.93. The molecule has 0 saturated heterocycles. The van der Waals surface area contributed by atoms with Gasteiger partial charge in [0.2, 0.25) is 0 Å². The monoisotopic (exact) mass is 251 g/mol. The van der Waals surface area contributed by atoms with Crippen LogP contribution in [0, 0.1) is 10.1 Å². The van der Waals surface area contributed by atoms with E-state index < -0.39 is 17.0 Å². The number of rotatable bonds is 3. The predicted molar refractivity (Wildman–Crippen MR) is 61.9 cm³/mol. The van der Waals surface area contributed by atoms with Gasteiger partial charge in [0.25, 0.3) is 5.69 Å². The molecule has 4 amide bonds. The van der Waals surface area contributed by atoms with Crippen LogP contribution in [0.5, 0.6) is 0 Å². The number of carbonyl (C=O) groups excluding carboxylic acids is 2. The lowest BCUT2D eigenvalue weighted by Gasteiger charge is -1.98. The van der Waals surface area contributed by atoms with E-state index >= 15 is 0 Å². The summed E-state index contributed by atoms with van der Waals surface area (Å²) in [5.74, 6) is 0. The number of non-ortho nitro benzene ring substituents is 1. The van der Waals surface area contributed by atoms with Gasteiger partial charge in [0.05, 0.1) is 11.1 Å². The maximum absolute atomic E-state index is 10.9. The Balaban J connectivity index is 2.62. The van der Waals surface area contributed by atoms with Crippen molar-refractivity contribution in [1.82, 2.24) is 10.7 Å². The lowest BCUT2D eigenvalue weighted by molar-refractivity contribution is -0.384. The Labute approximate surface area is 101 Å². The Morgan fingerprint density at radius 3 is 2.78 bits per heavy atom. The molecular weight excluding hydrogens is 242 g/mol. The van der Waals surface area contributed by atoms with E-state index in [1.807, 2.05) is 5.43 Å². The first-order valence-electron chi connectivity index (χ1n) is 4.63. The molecule has 0 aliphatic heterocycles. The molecule has 0 bridgehead atoms. The fraction of sp³-hybridized carbons (Fsp3) is 0. The number of hydrogen-bond acceptors (Lipinski definition) is 5. The van der Waals surface area contributed by atoms with E-state index in [9.17, 15) is 19.7 Å². The standard InChI is InChI=1S/C9H9N5O4/c10-8(15)12-9(16)13-11-5-6-2-1-3-7(4-6)14(17)18/h1-5H,(H4,10,12,13,15,16)/b11-5+. The Kier molecular flexibility index (Phi) is 4.32. The zero-order valence-electron chi connectivity index (χ0n) is 8.99. The molecule has 9 heteroatoms. The minimum Gasteiger partial charge on any atom is -0.351 e. The zero-order valence-corrected chi connectivity index (χ0v) is 8.99. The van der Waals surface area contributed by atoms with E-state index in [4.69, 9.17) is 5.73 Å². The first kappa shape index (κ1) is 13.1. The Hall–Kier alpha value is -2.97. The number of carbonyl (C=O) groups is 2.